The number of nitrogens with one attached hydrogen (secondary N) is 1. The van der Waals surface area contributed by atoms with Crippen molar-refractivity contribution < 1.29 is 0 Å². The number of rotatable bonds is 6. The van der Waals surface area contributed by atoms with E-state index >= 15 is 0 Å². The summed E-state index contributed by atoms with van der Waals surface area (Å²) in [6, 6.07) is 63.6. The van der Waals surface area contributed by atoms with Crippen LogP contribution in [0.3, 0.4) is 0 Å². The zero-order valence-corrected chi connectivity index (χ0v) is 26.1. The van der Waals surface area contributed by atoms with E-state index in [1.807, 2.05) is 0 Å². The third-order valence-corrected chi connectivity index (χ3v) is 9.83. The zero-order valence-electron chi connectivity index (χ0n) is 26.1. The summed E-state index contributed by atoms with van der Waals surface area (Å²) in [5.41, 5.74) is 10.2. The average Bonchev–Trinajstić information content (AvgIpc) is 3.65. The van der Waals surface area contributed by atoms with Crippen LogP contribution < -0.4 is 5.32 Å². The predicted molar refractivity (Wildman–Crippen MR) is 197 cm³/mol. The van der Waals surface area contributed by atoms with E-state index in [-0.39, 0.29) is 0 Å². The molecular weight excluding hydrogens is 571 g/mol. The van der Waals surface area contributed by atoms with Crippen LogP contribution in [-0.2, 0) is 5.54 Å². The number of benzene rings is 7. The highest BCUT2D eigenvalue weighted by Crippen LogP contribution is 2.41. The van der Waals surface area contributed by atoms with Crippen molar-refractivity contribution in [1.29, 1.82) is 0 Å². The fourth-order valence-corrected chi connectivity index (χ4v) is 7.73. The van der Waals surface area contributed by atoms with Gasteiger partial charge in [0, 0.05) is 32.9 Å². The smallest absolute Gasteiger partial charge is 0.0945 e. The predicted octanol–water partition coefficient (Wildman–Crippen LogP) is 10.4. The Bertz CT molecular complexity index is 2480. The molecule has 0 atom stereocenters. The quantitative estimate of drug-likeness (QED) is 0.188. The standard InChI is InChI=1S/C44H33N3/c1-45-44(31-15-5-2-6-16-31,32-17-7-3-8-18-32)33-25-27-35(28-26-33)47-41-24-14-12-22-37(41)39-29-38-36-21-11-13-23-40(36)46(42(38)30-43(39)47)34-19-9-4-10-20-34/h2-30,45H,1H3. The van der Waals surface area contributed by atoms with Gasteiger partial charge in [0.05, 0.1) is 27.6 Å². The van der Waals surface area contributed by atoms with Gasteiger partial charge in [-0.3, -0.25) is 0 Å². The fraction of sp³-hybridized carbons (Fsp3) is 0.0455. The van der Waals surface area contributed by atoms with Crippen LogP contribution in [-0.4, -0.2) is 16.2 Å². The number of fused-ring (bicyclic) bond motifs is 6. The molecule has 47 heavy (non-hydrogen) atoms. The van der Waals surface area contributed by atoms with Crippen LogP contribution in [0.2, 0.25) is 0 Å². The average molecular weight is 604 g/mol. The molecule has 0 saturated heterocycles. The van der Waals surface area contributed by atoms with Gasteiger partial charge in [0.25, 0.3) is 0 Å². The summed E-state index contributed by atoms with van der Waals surface area (Å²) >= 11 is 0. The molecule has 1 N–H and O–H groups in total. The van der Waals surface area contributed by atoms with E-state index in [1.165, 1.54) is 60.3 Å². The topological polar surface area (TPSA) is 21.9 Å². The molecule has 3 heteroatoms. The van der Waals surface area contributed by atoms with Crippen LogP contribution in [0.4, 0.5) is 0 Å². The Morgan fingerprint density at radius 1 is 0.362 bits per heavy atom. The minimum atomic E-state index is -0.495. The molecule has 3 nitrogen and oxygen atoms in total. The van der Waals surface area contributed by atoms with Gasteiger partial charge in [-0.25, -0.2) is 0 Å². The van der Waals surface area contributed by atoms with Crippen molar-refractivity contribution in [2.75, 3.05) is 7.05 Å². The Balaban J connectivity index is 1.30. The molecule has 0 amide bonds. The van der Waals surface area contributed by atoms with E-state index < -0.39 is 5.54 Å². The third kappa shape index (κ3) is 4.10. The van der Waals surface area contributed by atoms with Gasteiger partial charge >= 0.3 is 0 Å². The molecule has 0 radical (unpaired) electrons. The molecule has 0 aliphatic rings. The minimum Gasteiger partial charge on any atom is -0.309 e. The molecule has 0 spiro atoms. The lowest BCUT2D eigenvalue weighted by molar-refractivity contribution is 0.525. The van der Waals surface area contributed by atoms with Crippen molar-refractivity contribution in [2.45, 2.75) is 5.54 Å². The molecule has 0 aliphatic carbocycles. The summed E-state index contributed by atoms with van der Waals surface area (Å²) < 4.78 is 4.82. The molecule has 9 rings (SSSR count). The Kier molecular flexibility index (Phi) is 6.34. The largest absolute Gasteiger partial charge is 0.309 e. The van der Waals surface area contributed by atoms with Crippen LogP contribution in [0.25, 0.3) is 55.0 Å². The van der Waals surface area contributed by atoms with Crippen LogP contribution in [0, 0.1) is 0 Å². The highest BCUT2D eigenvalue weighted by molar-refractivity contribution is 6.19. The Morgan fingerprint density at radius 2 is 0.766 bits per heavy atom. The summed E-state index contributed by atoms with van der Waals surface area (Å²) in [5.74, 6) is 0. The first kappa shape index (κ1) is 27.4. The normalized spacial score (nSPS) is 12.0. The van der Waals surface area contributed by atoms with Gasteiger partial charge in [-0.2, -0.15) is 0 Å². The molecule has 224 valence electrons. The number of nitrogens with zero attached hydrogens (tertiary/aromatic N) is 2. The molecule has 0 aliphatic heterocycles. The number of hydrogen-bond donors (Lipinski definition) is 1. The lowest BCUT2D eigenvalue weighted by Crippen LogP contribution is -2.42. The van der Waals surface area contributed by atoms with Gasteiger partial charge in [0.1, 0.15) is 0 Å². The van der Waals surface area contributed by atoms with Gasteiger partial charge in [-0.05, 0) is 72.3 Å². The van der Waals surface area contributed by atoms with Gasteiger partial charge in [-0.15, -0.1) is 0 Å². The molecule has 0 bridgehead atoms. The number of aromatic nitrogens is 2. The van der Waals surface area contributed by atoms with E-state index in [0.29, 0.717) is 0 Å². The van der Waals surface area contributed by atoms with Crippen molar-refractivity contribution in [1.82, 2.24) is 14.5 Å². The van der Waals surface area contributed by atoms with E-state index in [4.69, 9.17) is 0 Å². The van der Waals surface area contributed by atoms with Gasteiger partial charge in [0.2, 0.25) is 0 Å². The maximum Gasteiger partial charge on any atom is 0.0945 e. The molecule has 7 aromatic carbocycles. The molecule has 2 heterocycles. The van der Waals surface area contributed by atoms with Gasteiger partial charge < -0.3 is 14.5 Å². The molecule has 0 saturated carbocycles. The monoisotopic (exact) mass is 603 g/mol. The maximum absolute atomic E-state index is 3.72. The summed E-state index contributed by atoms with van der Waals surface area (Å²) in [6.07, 6.45) is 0. The first-order chi connectivity index (χ1) is 23.3. The Morgan fingerprint density at radius 3 is 1.26 bits per heavy atom. The van der Waals surface area contributed by atoms with Crippen molar-refractivity contribution in [3.05, 3.63) is 193 Å². The van der Waals surface area contributed by atoms with E-state index in [0.717, 1.165) is 11.4 Å². The highest BCUT2D eigenvalue weighted by Gasteiger charge is 2.34. The summed E-state index contributed by atoms with van der Waals surface area (Å²) in [7, 11) is 2.05. The van der Waals surface area contributed by atoms with E-state index in [1.54, 1.807) is 0 Å². The van der Waals surface area contributed by atoms with Gasteiger partial charge in [0.15, 0.2) is 0 Å². The molecule has 0 unspecified atom stereocenters. The minimum absolute atomic E-state index is 0.495. The first-order valence-electron chi connectivity index (χ1n) is 16.2. The number of para-hydroxylation sites is 3. The second-order valence-electron chi connectivity index (χ2n) is 12.2. The van der Waals surface area contributed by atoms with Crippen LogP contribution in [0.5, 0.6) is 0 Å². The Hall–Kier alpha value is -5.90. The van der Waals surface area contributed by atoms with Crippen molar-refractivity contribution in [3.63, 3.8) is 0 Å². The molecule has 2 aromatic heterocycles. The lowest BCUT2D eigenvalue weighted by atomic mass is 9.77. The van der Waals surface area contributed by atoms with Crippen molar-refractivity contribution >= 4 is 43.6 Å². The second kappa shape index (κ2) is 10.9. The molecule has 0 fully saturated rings. The highest BCUT2D eigenvalue weighted by atomic mass is 15.0. The van der Waals surface area contributed by atoms with E-state index in [2.05, 4.69) is 197 Å². The van der Waals surface area contributed by atoms with Crippen LogP contribution >= 0.6 is 0 Å². The summed E-state index contributed by atoms with van der Waals surface area (Å²) in [6.45, 7) is 0. The third-order valence-electron chi connectivity index (χ3n) is 9.83. The summed E-state index contributed by atoms with van der Waals surface area (Å²) in [4.78, 5) is 0. The van der Waals surface area contributed by atoms with Gasteiger partial charge in [-0.1, -0.05) is 127 Å². The van der Waals surface area contributed by atoms with Crippen molar-refractivity contribution in [2.24, 2.45) is 0 Å². The lowest BCUT2D eigenvalue weighted by Gasteiger charge is -2.36. The van der Waals surface area contributed by atoms with Crippen molar-refractivity contribution in [3.8, 4) is 11.4 Å². The second-order valence-corrected chi connectivity index (χ2v) is 12.2. The number of hydrogen-bond acceptors (Lipinski definition) is 1. The fourth-order valence-electron chi connectivity index (χ4n) is 7.73. The first-order valence-corrected chi connectivity index (χ1v) is 16.2. The Labute approximate surface area is 274 Å². The molecule has 9 aromatic rings. The summed E-state index contributed by atoms with van der Waals surface area (Å²) in [5, 5.41) is 8.76. The molecular formula is C44H33N3. The zero-order chi connectivity index (χ0) is 31.4. The maximum atomic E-state index is 3.72. The SMILES string of the molecule is CNC(c1ccccc1)(c1ccccc1)c1ccc(-n2c3ccccc3c3cc4c5ccccc5n(-c5ccccc5)c4cc32)cc1. The van der Waals surface area contributed by atoms with Crippen LogP contribution in [0.15, 0.2) is 176 Å². The van der Waals surface area contributed by atoms with E-state index in [9.17, 15) is 0 Å². The van der Waals surface area contributed by atoms with Crippen LogP contribution in [0.1, 0.15) is 16.7 Å².